The number of likely N-dealkylation sites (tertiary alicyclic amines) is 1. The third-order valence-corrected chi connectivity index (χ3v) is 13.7. The number of nitrogens with one attached hydrogen (secondary N) is 7. The van der Waals surface area contributed by atoms with Crippen LogP contribution in [-0.4, -0.2) is 159 Å². The number of hydrogen-bond acceptors (Lipinski definition) is 16. The van der Waals surface area contributed by atoms with Gasteiger partial charge in [0.25, 0.3) is 5.97 Å². The van der Waals surface area contributed by atoms with E-state index in [0.717, 1.165) is 28.5 Å². The predicted molar refractivity (Wildman–Crippen MR) is 268 cm³/mol. The average molecular weight is 1070 g/mol. The van der Waals surface area contributed by atoms with E-state index in [1.807, 2.05) is 13.8 Å². The first-order chi connectivity index (χ1) is 34.2. The van der Waals surface area contributed by atoms with Crippen molar-refractivity contribution in [2.24, 2.45) is 34.8 Å². The van der Waals surface area contributed by atoms with E-state index in [9.17, 15) is 57.8 Å². The Bertz CT molecular complexity index is 2150. The van der Waals surface area contributed by atoms with Gasteiger partial charge in [-0.15, -0.1) is 0 Å². The number of rotatable bonds is 17. The lowest BCUT2D eigenvalue weighted by Crippen LogP contribution is -2.61. The lowest BCUT2D eigenvalue weighted by atomic mass is 9.96. The summed E-state index contributed by atoms with van der Waals surface area (Å²) >= 11 is 0. The second-order valence-corrected chi connectivity index (χ2v) is 20.5. The molecule has 2 fully saturated rings. The van der Waals surface area contributed by atoms with Gasteiger partial charge < -0.3 is 75.3 Å². The first-order valence-corrected chi connectivity index (χ1v) is 26.0. The normalized spacial score (nSPS) is 23.3. The molecule has 28 heteroatoms. The summed E-state index contributed by atoms with van der Waals surface area (Å²) < 4.78 is 0. The third kappa shape index (κ3) is 22.3. The van der Waals surface area contributed by atoms with Crippen LogP contribution in [-0.2, 0) is 64.0 Å². The van der Waals surface area contributed by atoms with E-state index in [1.165, 1.54) is 29.2 Å². The van der Waals surface area contributed by atoms with E-state index in [4.69, 9.17) is 32.8 Å². The third-order valence-electron chi connectivity index (χ3n) is 11.3. The van der Waals surface area contributed by atoms with Crippen LogP contribution in [0, 0.1) is 11.8 Å². The van der Waals surface area contributed by atoms with Gasteiger partial charge in [-0.2, -0.15) is 0 Å². The van der Waals surface area contributed by atoms with Gasteiger partial charge >= 0.3 is 0 Å². The Morgan fingerprint density at radius 1 is 0.781 bits per heavy atom. The highest BCUT2D eigenvalue weighted by Crippen LogP contribution is 2.26. The standard InChI is InChI=1S/C43H66N12O12S2.C2H4O2/c1-5-22(4)35-42(66)49-26(12-13-32(45)57)38(62)51-29(17-33(46)58)39(63)53-30(20-69-68-19-25(44)36(60)50-28(40(64)54-35)16-23-8-10-24(56)11-9-23)43(67)55-14-6-7-31(55)41(65)52-27(15-21(2)3)37(61)48-18-34(47)59;1-2(3)4/h8-11,21-22,25-31,35,56H,5-7,12-20,44H2,1-4H3,(H2,45,57)(H2,46,58)(H2,47,59)(H,48,61)(H,49,66)(H,50,60)(H,51,62)(H,52,65)(H,53,63)(H,54,64);1H3,(H,3,4)/t22-,25-,26-,27-,28?,29?,30-,31-,35-;/m0./s1. The van der Waals surface area contributed by atoms with Crippen molar-refractivity contribution in [3.63, 3.8) is 0 Å². The quantitative estimate of drug-likeness (QED) is 0.0673. The van der Waals surface area contributed by atoms with E-state index in [2.05, 4.69) is 37.2 Å². The number of carbonyl (C=O) groups excluding carboxylic acids is 11. The second-order valence-electron chi connectivity index (χ2n) is 17.9. The molecule has 0 bridgehead atoms. The maximum atomic E-state index is 14.5. The summed E-state index contributed by atoms with van der Waals surface area (Å²) in [7, 11) is 2.05. The molecule has 2 saturated heterocycles. The molecule has 0 aliphatic carbocycles. The van der Waals surface area contributed by atoms with Crippen molar-refractivity contribution < 1.29 is 67.7 Å². The van der Waals surface area contributed by atoms with E-state index >= 15 is 0 Å². The van der Waals surface area contributed by atoms with Crippen molar-refractivity contribution >= 4 is 92.5 Å². The van der Waals surface area contributed by atoms with Crippen LogP contribution in [0.25, 0.3) is 0 Å². The van der Waals surface area contributed by atoms with Crippen molar-refractivity contribution in [3.8, 4) is 5.75 Å². The van der Waals surface area contributed by atoms with Gasteiger partial charge in [0.2, 0.25) is 65.0 Å². The van der Waals surface area contributed by atoms with Crippen LogP contribution in [0.4, 0.5) is 0 Å². The molecule has 73 heavy (non-hydrogen) atoms. The molecule has 11 amide bonds. The first kappa shape index (κ1) is 62.4. The van der Waals surface area contributed by atoms with Gasteiger partial charge in [0.15, 0.2) is 0 Å². The van der Waals surface area contributed by atoms with E-state index in [-0.39, 0.29) is 49.0 Å². The van der Waals surface area contributed by atoms with Gasteiger partial charge in [-0.25, -0.2) is 0 Å². The fourth-order valence-electron chi connectivity index (χ4n) is 7.34. The fraction of sp³-hybridized carbons (Fsp3) is 0.600. The average Bonchev–Trinajstić information content (AvgIpc) is 3.81. The molecule has 3 rings (SSSR count). The van der Waals surface area contributed by atoms with Gasteiger partial charge in [-0.1, -0.05) is 67.8 Å². The molecule has 2 aliphatic heterocycles. The number of phenols is 1. The van der Waals surface area contributed by atoms with E-state index in [1.54, 1.807) is 13.8 Å². The number of hydrogen-bond donors (Lipinski definition) is 13. The molecule has 406 valence electrons. The number of aliphatic carboxylic acids is 1. The number of nitrogens with zero attached hydrogens (tertiary/aromatic N) is 1. The van der Waals surface area contributed by atoms with Gasteiger partial charge in [-0.3, -0.25) is 57.5 Å². The summed E-state index contributed by atoms with van der Waals surface area (Å²) in [4.78, 5) is 157. The summed E-state index contributed by atoms with van der Waals surface area (Å²) in [6.45, 7) is 7.69. The molecular formula is C45H70N12O14S2. The van der Waals surface area contributed by atoms with E-state index in [0.29, 0.717) is 18.4 Å². The van der Waals surface area contributed by atoms with E-state index < -0.39 is 151 Å². The summed E-state index contributed by atoms with van der Waals surface area (Å²) in [5.74, 6) is -11.2. The van der Waals surface area contributed by atoms with Gasteiger partial charge in [-0.05, 0) is 55.2 Å². The number of carboxylic acids is 1. The van der Waals surface area contributed by atoms with Crippen molar-refractivity contribution in [1.82, 2.24) is 42.1 Å². The minimum Gasteiger partial charge on any atom is -0.508 e. The van der Waals surface area contributed by atoms with Crippen LogP contribution in [0.5, 0.6) is 5.75 Å². The van der Waals surface area contributed by atoms with Crippen LogP contribution < -0.4 is 60.2 Å². The number of carbonyl (C=O) groups is 12. The van der Waals surface area contributed by atoms with Crippen molar-refractivity contribution in [3.05, 3.63) is 29.8 Å². The van der Waals surface area contributed by atoms with Crippen LogP contribution in [0.15, 0.2) is 24.3 Å². The maximum absolute atomic E-state index is 14.5. The molecule has 1 aromatic rings. The molecular weight excluding hydrogens is 997 g/mol. The highest BCUT2D eigenvalue weighted by Gasteiger charge is 2.41. The number of aromatic hydroxyl groups is 1. The summed E-state index contributed by atoms with van der Waals surface area (Å²) in [6.07, 6.45) is -0.694. The molecule has 2 aliphatic rings. The SMILES string of the molecule is CC(=O)O.CC[C@H](C)[C@@H]1NC(=O)C(Cc2ccc(O)cc2)NC(=O)[C@@H](N)CSSC[C@@H](C(=O)N2CCC[C@H]2C(=O)N[C@@H](CC(C)C)C(=O)NCC(N)=O)NC(=O)C(CC(N)=O)NC(=O)[C@H](CCC(N)=O)NC1=O. The zero-order valence-corrected chi connectivity index (χ0v) is 43.1. The highest BCUT2D eigenvalue weighted by molar-refractivity contribution is 8.76. The highest BCUT2D eigenvalue weighted by atomic mass is 33.1. The number of amides is 11. The molecule has 1 aromatic carbocycles. The van der Waals surface area contributed by atoms with Crippen LogP contribution in [0.1, 0.15) is 85.1 Å². The Morgan fingerprint density at radius 2 is 1.36 bits per heavy atom. The first-order valence-electron chi connectivity index (χ1n) is 23.5. The smallest absolute Gasteiger partial charge is 0.300 e. The molecule has 2 unspecified atom stereocenters. The molecule has 9 atom stereocenters. The zero-order chi connectivity index (χ0) is 55.1. The Balaban J connectivity index is 0.00000439. The maximum Gasteiger partial charge on any atom is 0.300 e. The largest absolute Gasteiger partial charge is 0.508 e. The summed E-state index contributed by atoms with van der Waals surface area (Å²) in [5, 5.41) is 35.1. The van der Waals surface area contributed by atoms with Crippen molar-refractivity contribution in [1.29, 1.82) is 0 Å². The van der Waals surface area contributed by atoms with Crippen LogP contribution >= 0.6 is 21.6 Å². The number of primary amides is 3. The Labute approximate surface area is 430 Å². The number of carboxylic acid groups (broad SMARTS) is 1. The molecule has 17 N–H and O–H groups in total. The fourth-order valence-corrected chi connectivity index (χ4v) is 9.62. The monoisotopic (exact) mass is 1070 g/mol. The minimum atomic E-state index is -1.75. The number of benzene rings is 1. The second kappa shape index (κ2) is 31.0. The Kier molecular flexibility index (Phi) is 26.5. The zero-order valence-electron chi connectivity index (χ0n) is 41.4. The van der Waals surface area contributed by atoms with Crippen molar-refractivity contribution in [2.45, 2.75) is 134 Å². The minimum absolute atomic E-state index is 0.0468. The predicted octanol–water partition coefficient (Wildman–Crippen LogP) is -3.52. The lowest BCUT2D eigenvalue weighted by molar-refractivity contribution is -0.142. The topological polar surface area (TPSA) is 437 Å². The van der Waals surface area contributed by atoms with Crippen LogP contribution in [0.3, 0.4) is 0 Å². The number of nitrogens with two attached hydrogens (primary N) is 4. The van der Waals surface area contributed by atoms with Gasteiger partial charge in [0, 0.05) is 37.8 Å². The molecule has 0 spiro atoms. The molecule has 0 aromatic heterocycles. The number of phenolic OH excluding ortho intramolecular Hbond substituents is 1. The van der Waals surface area contributed by atoms with Gasteiger partial charge in [0.1, 0.15) is 48.0 Å². The summed E-state index contributed by atoms with van der Waals surface area (Å²) in [5.41, 5.74) is 22.9. The molecule has 2 heterocycles. The van der Waals surface area contributed by atoms with Gasteiger partial charge in [0.05, 0.1) is 19.0 Å². The molecule has 0 radical (unpaired) electrons. The Morgan fingerprint density at radius 3 is 1.93 bits per heavy atom. The summed E-state index contributed by atoms with van der Waals surface area (Å²) in [6, 6.07) is -5.05. The van der Waals surface area contributed by atoms with Crippen molar-refractivity contribution in [2.75, 3.05) is 24.6 Å². The Hall–Kier alpha value is -6.68. The lowest BCUT2D eigenvalue weighted by Gasteiger charge is -2.31. The van der Waals surface area contributed by atoms with Crippen LogP contribution in [0.2, 0.25) is 0 Å². The molecule has 26 nitrogen and oxygen atoms in total. The molecule has 0 saturated carbocycles.